The zero-order chi connectivity index (χ0) is 28.6. The lowest BCUT2D eigenvalue weighted by Crippen LogP contribution is -2.53. The molecule has 0 saturated heterocycles. The van der Waals surface area contributed by atoms with Gasteiger partial charge in [0, 0.05) is 5.92 Å². The molecule has 1 fully saturated rings. The number of methoxy groups -OCH3 is 2. The predicted molar refractivity (Wildman–Crippen MR) is 158 cm³/mol. The summed E-state index contributed by atoms with van der Waals surface area (Å²) < 4.78 is 30.8. The SMILES string of the molecule is COc1ccc(CO[C@H]2[C@H](/C(C)=C/C=O)[C@H](O[Si](C)(C)C(C)(C)C)CC[C@@H]2OCc2ccc(OC)cc2)cc1. The number of hydrogen-bond acceptors (Lipinski definition) is 6. The minimum atomic E-state index is -2.07. The van der Waals surface area contributed by atoms with Crippen LogP contribution in [-0.4, -0.2) is 47.1 Å². The second-order valence-electron chi connectivity index (χ2n) is 11.9. The summed E-state index contributed by atoms with van der Waals surface area (Å²) in [4.78, 5) is 11.6. The average molecular weight is 555 g/mol. The minimum Gasteiger partial charge on any atom is -0.497 e. The lowest BCUT2D eigenvalue weighted by molar-refractivity contribution is -0.145. The number of rotatable bonds is 12. The third-order valence-electron chi connectivity index (χ3n) is 8.19. The molecule has 1 saturated carbocycles. The molecule has 0 amide bonds. The van der Waals surface area contributed by atoms with Gasteiger partial charge >= 0.3 is 0 Å². The molecule has 0 unspecified atom stereocenters. The largest absolute Gasteiger partial charge is 0.497 e. The number of carbonyl (C=O) groups excluding carboxylic acids is 1. The third-order valence-corrected chi connectivity index (χ3v) is 12.7. The Hall–Kier alpha value is -2.45. The number of aldehydes is 1. The molecule has 1 aliphatic carbocycles. The highest BCUT2D eigenvalue weighted by atomic mass is 28.4. The van der Waals surface area contributed by atoms with Crippen LogP contribution in [0.5, 0.6) is 11.5 Å². The van der Waals surface area contributed by atoms with Crippen LogP contribution < -0.4 is 9.47 Å². The van der Waals surface area contributed by atoms with Crippen molar-refractivity contribution in [3.63, 3.8) is 0 Å². The zero-order valence-electron chi connectivity index (χ0n) is 24.9. The summed E-state index contributed by atoms with van der Waals surface area (Å²) in [7, 11) is 1.25. The van der Waals surface area contributed by atoms with E-state index in [1.54, 1.807) is 20.3 Å². The minimum absolute atomic E-state index is 0.0520. The van der Waals surface area contributed by atoms with Crippen molar-refractivity contribution < 1.29 is 28.2 Å². The smallest absolute Gasteiger partial charge is 0.192 e. The van der Waals surface area contributed by atoms with E-state index < -0.39 is 8.32 Å². The highest BCUT2D eigenvalue weighted by molar-refractivity contribution is 6.74. The van der Waals surface area contributed by atoms with Crippen LogP contribution in [0.1, 0.15) is 51.7 Å². The first-order chi connectivity index (χ1) is 18.5. The van der Waals surface area contributed by atoms with Crippen LogP contribution in [0.4, 0.5) is 0 Å². The molecular formula is C32H46O6Si. The zero-order valence-corrected chi connectivity index (χ0v) is 25.9. The van der Waals surface area contributed by atoms with Gasteiger partial charge < -0.3 is 23.4 Å². The van der Waals surface area contributed by atoms with E-state index in [1.165, 1.54) is 0 Å². The molecule has 39 heavy (non-hydrogen) atoms. The Morgan fingerprint density at radius 1 is 0.846 bits per heavy atom. The number of ether oxygens (including phenoxy) is 4. The third kappa shape index (κ3) is 8.27. The fraction of sp³-hybridized carbons (Fsp3) is 0.531. The Morgan fingerprint density at radius 3 is 1.79 bits per heavy atom. The van der Waals surface area contributed by atoms with Gasteiger partial charge in [0.2, 0.25) is 0 Å². The van der Waals surface area contributed by atoms with Crippen LogP contribution in [0, 0.1) is 5.92 Å². The van der Waals surface area contributed by atoms with Gasteiger partial charge in [-0.05, 0) is 79.4 Å². The van der Waals surface area contributed by atoms with Gasteiger partial charge in [-0.15, -0.1) is 0 Å². The molecule has 2 aromatic carbocycles. The Morgan fingerprint density at radius 2 is 1.33 bits per heavy atom. The molecular weight excluding hydrogens is 508 g/mol. The van der Waals surface area contributed by atoms with Crippen LogP contribution in [0.3, 0.4) is 0 Å². The number of benzene rings is 2. The fourth-order valence-electron chi connectivity index (χ4n) is 4.80. The van der Waals surface area contributed by atoms with Gasteiger partial charge in [0.1, 0.15) is 17.8 Å². The molecule has 0 bridgehead atoms. The molecule has 2 aromatic rings. The molecule has 3 rings (SSSR count). The number of hydrogen-bond donors (Lipinski definition) is 0. The van der Waals surface area contributed by atoms with Gasteiger partial charge in [-0.2, -0.15) is 0 Å². The molecule has 0 spiro atoms. The first kappa shape index (κ1) is 31.1. The van der Waals surface area contributed by atoms with E-state index in [-0.39, 0.29) is 29.3 Å². The number of carbonyl (C=O) groups is 1. The van der Waals surface area contributed by atoms with E-state index in [0.717, 1.165) is 47.3 Å². The highest BCUT2D eigenvalue weighted by Crippen LogP contribution is 2.43. The number of allylic oxidation sites excluding steroid dienone is 1. The summed E-state index contributed by atoms with van der Waals surface area (Å²) in [5.74, 6) is 1.53. The van der Waals surface area contributed by atoms with Gasteiger partial charge in [-0.25, -0.2) is 0 Å². The summed E-state index contributed by atoms with van der Waals surface area (Å²) in [6, 6.07) is 15.8. The van der Waals surface area contributed by atoms with Crippen molar-refractivity contribution in [2.45, 2.75) is 90.2 Å². The maximum absolute atomic E-state index is 11.6. The average Bonchev–Trinajstić information content (AvgIpc) is 2.91. The molecule has 6 nitrogen and oxygen atoms in total. The Balaban J connectivity index is 1.89. The standard InChI is InChI=1S/C32H46O6Si/c1-23(19-20-33)30-28(38-39(7,8)32(2,3)4)17-18-29(36-21-24-9-13-26(34-5)14-10-24)31(30)37-22-25-11-15-27(35-6)16-12-25/h9-16,19-20,28-31H,17-18,21-22H2,1-8H3/b23-19+/t28-,29+,30-,31-/m1/s1. The molecule has 0 aliphatic heterocycles. The maximum atomic E-state index is 11.6. The van der Waals surface area contributed by atoms with Crippen LogP contribution in [0.25, 0.3) is 0 Å². The second kappa shape index (κ2) is 13.7. The van der Waals surface area contributed by atoms with Crippen molar-refractivity contribution in [3.05, 3.63) is 71.3 Å². The second-order valence-corrected chi connectivity index (χ2v) is 16.6. The Labute approximate surface area is 235 Å². The fourth-order valence-corrected chi connectivity index (χ4v) is 6.18. The summed E-state index contributed by atoms with van der Waals surface area (Å²) in [5.41, 5.74) is 3.08. The van der Waals surface area contributed by atoms with Crippen molar-refractivity contribution in [3.8, 4) is 11.5 Å². The van der Waals surface area contributed by atoms with Crippen LogP contribution in [0.2, 0.25) is 18.1 Å². The molecule has 4 atom stereocenters. The van der Waals surface area contributed by atoms with Crippen LogP contribution in [-0.2, 0) is 31.9 Å². The quantitative estimate of drug-likeness (QED) is 0.158. The summed E-state index contributed by atoms with van der Waals surface area (Å²) in [6.07, 6.45) is 3.70. The normalized spacial score (nSPS) is 22.4. The van der Waals surface area contributed by atoms with Gasteiger partial charge in [0.25, 0.3) is 0 Å². The Bertz CT molecular complexity index is 1070. The molecule has 0 radical (unpaired) electrons. The van der Waals surface area contributed by atoms with Crippen LogP contribution in [0.15, 0.2) is 60.2 Å². The van der Waals surface area contributed by atoms with Gasteiger partial charge in [-0.3, -0.25) is 4.79 Å². The van der Waals surface area contributed by atoms with Crippen molar-refractivity contribution in [1.29, 1.82) is 0 Å². The summed E-state index contributed by atoms with van der Waals surface area (Å²) >= 11 is 0. The molecule has 0 N–H and O–H groups in total. The lowest BCUT2D eigenvalue weighted by atomic mass is 9.77. The van der Waals surface area contributed by atoms with E-state index in [0.29, 0.717) is 13.2 Å². The van der Waals surface area contributed by atoms with Crippen molar-refractivity contribution in [1.82, 2.24) is 0 Å². The van der Waals surface area contributed by atoms with Crippen molar-refractivity contribution in [2.75, 3.05) is 14.2 Å². The Kier molecular flexibility index (Phi) is 11.0. The molecule has 0 aromatic heterocycles. The monoisotopic (exact) mass is 554 g/mol. The first-order valence-corrected chi connectivity index (χ1v) is 16.7. The summed E-state index contributed by atoms with van der Waals surface area (Å²) in [5, 5.41) is 0.0704. The van der Waals surface area contributed by atoms with Gasteiger partial charge in [0.15, 0.2) is 8.32 Å². The topological polar surface area (TPSA) is 63.2 Å². The van der Waals surface area contributed by atoms with E-state index in [4.69, 9.17) is 23.4 Å². The van der Waals surface area contributed by atoms with E-state index >= 15 is 0 Å². The van der Waals surface area contributed by atoms with Crippen molar-refractivity contribution >= 4 is 14.6 Å². The van der Waals surface area contributed by atoms with E-state index in [2.05, 4.69) is 33.9 Å². The predicted octanol–water partition coefficient (Wildman–Crippen LogP) is 7.12. The van der Waals surface area contributed by atoms with Gasteiger partial charge in [-0.1, -0.05) is 50.6 Å². The van der Waals surface area contributed by atoms with Crippen molar-refractivity contribution in [2.24, 2.45) is 5.92 Å². The molecule has 1 aliphatic rings. The maximum Gasteiger partial charge on any atom is 0.192 e. The van der Waals surface area contributed by atoms with E-state index in [1.807, 2.05) is 55.5 Å². The van der Waals surface area contributed by atoms with E-state index in [9.17, 15) is 4.79 Å². The lowest BCUT2D eigenvalue weighted by Gasteiger charge is -2.47. The molecule has 214 valence electrons. The molecule has 0 heterocycles. The first-order valence-electron chi connectivity index (χ1n) is 13.8. The van der Waals surface area contributed by atoms with Gasteiger partial charge in [0.05, 0.1) is 45.7 Å². The highest BCUT2D eigenvalue weighted by Gasteiger charge is 2.47. The van der Waals surface area contributed by atoms with Crippen LogP contribution >= 0.6 is 0 Å². The summed E-state index contributed by atoms with van der Waals surface area (Å²) in [6.45, 7) is 14.2. The molecule has 7 heteroatoms.